The number of nitrogens with one attached hydrogen (secondary N) is 1. The summed E-state index contributed by atoms with van der Waals surface area (Å²) in [7, 11) is 1.93. The molecule has 1 aromatic carbocycles. The molecule has 0 saturated carbocycles. The molecule has 2 heterocycles. The number of rotatable bonds is 4. The molecule has 0 aliphatic carbocycles. The molecule has 1 aromatic heterocycles. The molecule has 1 aliphatic heterocycles. The Labute approximate surface area is 135 Å². The number of carbonyl (C=O) groups is 1. The first-order chi connectivity index (χ1) is 10.7. The summed E-state index contributed by atoms with van der Waals surface area (Å²) in [4.78, 5) is 19.3. The van der Waals surface area contributed by atoms with Gasteiger partial charge < -0.3 is 10.2 Å². The van der Waals surface area contributed by atoms with E-state index in [1.165, 1.54) is 5.56 Å². The van der Waals surface area contributed by atoms with Gasteiger partial charge in [0.1, 0.15) is 10.7 Å². The topological polar surface area (TPSA) is 45.2 Å². The lowest BCUT2D eigenvalue weighted by molar-refractivity contribution is 0.0732. The molecule has 1 aliphatic rings. The third kappa shape index (κ3) is 2.91. The van der Waals surface area contributed by atoms with Crippen LogP contribution in [0.5, 0.6) is 0 Å². The fourth-order valence-electron chi connectivity index (χ4n) is 3.01. The van der Waals surface area contributed by atoms with E-state index in [-0.39, 0.29) is 5.91 Å². The molecular weight excluding hydrogens is 294 g/mol. The van der Waals surface area contributed by atoms with Crippen LogP contribution in [0.15, 0.2) is 29.6 Å². The Morgan fingerprint density at radius 3 is 3.05 bits per heavy atom. The predicted molar refractivity (Wildman–Crippen MR) is 90.3 cm³/mol. The molecule has 0 bridgehead atoms. The number of aromatic nitrogens is 1. The summed E-state index contributed by atoms with van der Waals surface area (Å²) in [5.74, 6) is 0.0637. The highest BCUT2D eigenvalue weighted by Gasteiger charge is 2.30. The van der Waals surface area contributed by atoms with Crippen molar-refractivity contribution in [3.8, 4) is 10.6 Å². The number of hydrogen-bond donors (Lipinski definition) is 1. The second-order valence-corrected chi connectivity index (χ2v) is 6.56. The van der Waals surface area contributed by atoms with Crippen LogP contribution in [0.4, 0.5) is 0 Å². The van der Waals surface area contributed by atoms with Crippen molar-refractivity contribution in [2.45, 2.75) is 25.8 Å². The lowest BCUT2D eigenvalue weighted by Crippen LogP contribution is -2.40. The molecule has 1 amide bonds. The zero-order chi connectivity index (χ0) is 15.5. The first-order valence-corrected chi connectivity index (χ1v) is 8.55. The van der Waals surface area contributed by atoms with Crippen LogP contribution in [0, 0.1) is 6.92 Å². The number of carbonyl (C=O) groups excluding carboxylic acids is 1. The molecule has 116 valence electrons. The summed E-state index contributed by atoms with van der Waals surface area (Å²) in [6, 6.07) is 8.45. The Bertz CT molecular complexity index is 667. The highest BCUT2D eigenvalue weighted by Crippen LogP contribution is 2.28. The molecule has 22 heavy (non-hydrogen) atoms. The Morgan fingerprint density at radius 1 is 1.45 bits per heavy atom. The van der Waals surface area contributed by atoms with Crippen LogP contribution >= 0.6 is 11.3 Å². The van der Waals surface area contributed by atoms with Gasteiger partial charge in [0.25, 0.3) is 5.91 Å². The highest BCUT2D eigenvalue weighted by molar-refractivity contribution is 7.13. The highest BCUT2D eigenvalue weighted by atomic mass is 32.1. The van der Waals surface area contributed by atoms with Crippen molar-refractivity contribution >= 4 is 17.2 Å². The maximum atomic E-state index is 12.7. The Kier molecular flexibility index (Phi) is 4.55. The maximum Gasteiger partial charge on any atom is 0.273 e. The van der Waals surface area contributed by atoms with Gasteiger partial charge in [-0.2, -0.15) is 0 Å². The fraction of sp³-hybridized carbons (Fsp3) is 0.412. The third-order valence-electron chi connectivity index (χ3n) is 4.18. The number of nitrogens with zero attached hydrogens (tertiary/aromatic N) is 2. The summed E-state index contributed by atoms with van der Waals surface area (Å²) in [5.41, 5.74) is 2.87. The summed E-state index contributed by atoms with van der Waals surface area (Å²) >= 11 is 1.54. The van der Waals surface area contributed by atoms with Gasteiger partial charge in [-0.05, 0) is 32.4 Å². The first-order valence-electron chi connectivity index (χ1n) is 7.68. The van der Waals surface area contributed by atoms with Crippen LogP contribution in [0.25, 0.3) is 10.6 Å². The van der Waals surface area contributed by atoms with Gasteiger partial charge in [-0.1, -0.05) is 24.3 Å². The van der Waals surface area contributed by atoms with Gasteiger partial charge in [0.2, 0.25) is 0 Å². The van der Waals surface area contributed by atoms with Gasteiger partial charge in [0, 0.05) is 30.1 Å². The van der Waals surface area contributed by atoms with E-state index in [2.05, 4.69) is 29.4 Å². The van der Waals surface area contributed by atoms with E-state index in [1.54, 1.807) is 11.3 Å². The fourth-order valence-corrected chi connectivity index (χ4v) is 3.89. The minimum absolute atomic E-state index is 0.0637. The van der Waals surface area contributed by atoms with Crippen LogP contribution in [-0.4, -0.2) is 42.0 Å². The number of aryl methyl sites for hydroxylation is 1. The van der Waals surface area contributed by atoms with Crippen molar-refractivity contribution in [2.75, 3.05) is 20.1 Å². The smallest absolute Gasteiger partial charge is 0.273 e. The van der Waals surface area contributed by atoms with Crippen molar-refractivity contribution in [1.29, 1.82) is 0 Å². The van der Waals surface area contributed by atoms with Gasteiger partial charge in [-0.25, -0.2) is 4.98 Å². The van der Waals surface area contributed by atoms with Crippen molar-refractivity contribution in [3.63, 3.8) is 0 Å². The van der Waals surface area contributed by atoms with E-state index in [0.717, 1.165) is 36.5 Å². The summed E-state index contributed by atoms with van der Waals surface area (Å²) in [6.45, 7) is 3.75. The van der Waals surface area contributed by atoms with Crippen LogP contribution < -0.4 is 5.32 Å². The van der Waals surface area contributed by atoms with Crippen molar-refractivity contribution in [3.05, 3.63) is 40.9 Å². The molecule has 5 heteroatoms. The van der Waals surface area contributed by atoms with Crippen molar-refractivity contribution < 1.29 is 4.79 Å². The molecular formula is C17H21N3OS. The Hall–Kier alpha value is -1.72. The quantitative estimate of drug-likeness (QED) is 0.943. The van der Waals surface area contributed by atoms with E-state index in [4.69, 9.17) is 0 Å². The number of amides is 1. The maximum absolute atomic E-state index is 12.7. The summed E-state index contributed by atoms with van der Waals surface area (Å²) < 4.78 is 0. The largest absolute Gasteiger partial charge is 0.333 e. The minimum atomic E-state index is 0.0637. The predicted octanol–water partition coefficient (Wildman–Crippen LogP) is 2.94. The van der Waals surface area contributed by atoms with Gasteiger partial charge in [-0.15, -0.1) is 11.3 Å². The van der Waals surface area contributed by atoms with E-state index < -0.39 is 0 Å². The van der Waals surface area contributed by atoms with Gasteiger partial charge in [0.05, 0.1) is 0 Å². The molecule has 4 nitrogen and oxygen atoms in total. The van der Waals surface area contributed by atoms with Crippen molar-refractivity contribution in [1.82, 2.24) is 15.2 Å². The van der Waals surface area contributed by atoms with Crippen LogP contribution in [0.1, 0.15) is 28.9 Å². The summed E-state index contributed by atoms with van der Waals surface area (Å²) in [5, 5.41) is 5.98. The van der Waals surface area contributed by atoms with Gasteiger partial charge >= 0.3 is 0 Å². The monoisotopic (exact) mass is 315 g/mol. The Balaban J connectivity index is 1.82. The van der Waals surface area contributed by atoms with Gasteiger partial charge in [-0.3, -0.25) is 4.79 Å². The zero-order valence-corrected chi connectivity index (χ0v) is 13.8. The number of hydrogen-bond acceptors (Lipinski definition) is 4. The van der Waals surface area contributed by atoms with E-state index in [9.17, 15) is 4.79 Å². The average molecular weight is 315 g/mol. The molecule has 1 unspecified atom stereocenters. The second-order valence-electron chi connectivity index (χ2n) is 5.71. The van der Waals surface area contributed by atoms with E-state index >= 15 is 0 Å². The molecule has 3 rings (SSSR count). The Morgan fingerprint density at radius 2 is 2.27 bits per heavy atom. The van der Waals surface area contributed by atoms with Gasteiger partial charge in [0.15, 0.2) is 0 Å². The molecule has 1 N–H and O–H groups in total. The molecule has 1 atom stereocenters. The number of likely N-dealkylation sites (tertiary alicyclic amines) is 1. The standard InChI is InChI=1S/C17H21N3OS/c1-12-6-3-4-8-14(12)16-19-15(11-22-16)17(21)20-9-5-7-13(20)10-18-2/h3-4,6,8,11,13,18H,5,7,9-10H2,1-2H3. The zero-order valence-electron chi connectivity index (χ0n) is 13.0. The average Bonchev–Trinajstić information content (AvgIpc) is 3.17. The van der Waals surface area contributed by atoms with E-state index in [0.29, 0.717) is 11.7 Å². The molecule has 1 fully saturated rings. The second kappa shape index (κ2) is 6.58. The molecule has 0 radical (unpaired) electrons. The minimum Gasteiger partial charge on any atom is -0.333 e. The van der Waals surface area contributed by atoms with Crippen LogP contribution in [0.2, 0.25) is 0 Å². The lowest BCUT2D eigenvalue weighted by Gasteiger charge is -2.23. The molecule has 0 spiro atoms. The summed E-state index contributed by atoms with van der Waals surface area (Å²) in [6.07, 6.45) is 2.15. The number of benzene rings is 1. The third-order valence-corrected chi connectivity index (χ3v) is 5.05. The SMILES string of the molecule is CNCC1CCCN1C(=O)c1csc(-c2ccccc2C)n1. The molecule has 1 saturated heterocycles. The van der Waals surface area contributed by atoms with Crippen molar-refractivity contribution in [2.24, 2.45) is 0 Å². The molecule has 2 aromatic rings. The number of likely N-dealkylation sites (N-methyl/N-ethyl adjacent to an activating group) is 1. The number of thiazole rings is 1. The lowest BCUT2D eigenvalue weighted by atomic mass is 10.1. The van der Waals surface area contributed by atoms with E-state index in [1.807, 2.05) is 29.5 Å². The normalized spacial score (nSPS) is 17.9. The first kappa shape index (κ1) is 15.2. The van der Waals surface area contributed by atoms with Crippen LogP contribution in [-0.2, 0) is 0 Å². The van der Waals surface area contributed by atoms with Crippen LogP contribution in [0.3, 0.4) is 0 Å².